The van der Waals surface area contributed by atoms with E-state index in [0.29, 0.717) is 24.8 Å². The molecule has 2 aliphatic heterocycles. The van der Waals surface area contributed by atoms with Crippen molar-refractivity contribution in [1.29, 1.82) is 0 Å². The highest BCUT2D eigenvalue weighted by Gasteiger charge is 2.30. The van der Waals surface area contributed by atoms with Gasteiger partial charge in [0, 0.05) is 29.2 Å². The van der Waals surface area contributed by atoms with Gasteiger partial charge in [-0.2, -0.15) is 0 Å². The summed E-state index contributed by atoms with van der Waals surface area (Å²) < 4.78 is 15.2. The van der Waals surface area contributed by atoms with Gasteiger partial charge in [-0.3, -0.25) is 0 Å². The molecule has 9 heteroatoms. The lowest BCUT2D eigenvalue weighted by molar-refractivity contribution is 0.0932. The lowest BCUT2D eigenvalue weighted by Gasteiger charge is -2.24. The van der Waals surface area contributed by atoms with E-state index in [1.165, 1.54) is 36.1 Å². The van der Waals surface area contributed by atoms with Gasteiger partial charge in [-0.1, -0.05) is 43.5 Å². The van der Waals surface area contributed by atoms with Gasteiger partial charge in [-0.25, -0.2) is 9.48 Å². The summed E-state index contributed by atoms with van der Waals surface area (Å²) >= 11 is 0. The summed E-state index contributed by atoms with van der Waals surface area (Å²) in [6, 6.07) is 14.2. The van der Waals surface area contributed by atoms with Gasteiger partial charge in [0.15, 0.2) is 5.82 Å². The van der Waals surface area contributed by atoms with Crippen LogP contribution >= 0.6 is 0 Å². The molecule has 0 amide bonds. The van der Waals surface area contributed by atoms with E-state index in [1.54, 1.807) is 6.07 Å². The van der Waals surface area contributed by atoms with Gasteiger partial charge in [0.1, 0.15) is 5.75 Å². The van der Waals surface area contributed by atoms with E-state index >= 15 is 0 Å². The Morgan fingerprint density at radius 3 is 2.77 bits per heavy atom. The topological polar surface area (TPSA) is 104 Å². The largest absolute Gasteiger partial charge is 0.511 e. The molecule has 1 aliphatic carbocycles. The Morgan fingerprint density at radius 2 is 1.95 bits per heavy atom. The van der Waals surface area contributed by atoms with Crippen LogP contribution < -0.4 is 4.74 Å². The number of allylic oxidation sites excluding steroid dienone is 1. The molecule has 1 unspecified atom stereocenters. The van der Waals surface area contributed by atoms with Crippen LogP contribution in [-0.2, 0) is 17.8 Å². The minimum atomic E-state index is -1.32. The maximum atomic E-state index is 11.4. The molecule has 1 saturated carbocycles. The number of carboxylic acid groups (broad SMARTS) is 1. The van der Waals surface area contributed by atoms with Gasteiger partial charge in [0.2, 0.25) is 0 Å². The summed E-state index contributed by atoms with van der Waals surface area (Å²) in [5, 5.41) is 23.3. The Hall–Kier alpha value is -3.98. The van der Waals surface area contributed by atoms with Crippen molar-refractivity contribution < 1.29 is 19.4 Å². The van der Waals surface area contributed by atoms with E-state index in [4.69, 9.17) is 9.47 Å². The highest BCUT2D eigenvalue weighted by atomic mass is 16.7. The van der Waals surface area contributed by atoms with E-state index in [9.17, 15) is 9.90 Å². The highest BCUT2D eigenvalue weighted by Crippen LogP contribution is 2.47. The number of nitrogens with zero attached hydrogens (tertiary/aromatic N) is 5. The summed E-state index contributed by atoms with van der Waals surface area (Å²) in [4.78, 5) is 11.4. The van der Waals surface area contributed by atoms with Crippen molar-refractivity contribution in [2.45, 2.75) is 70.1 Å². The summed E-state index contributed by atoms with van der Waals surface area (Å²) in [7, 11) is 0. The molecule has 9 nitrogen and oxygen atoms in total. The summed E-state index contributed by atoms with van der Waals surface area (Å²) in [5.41, 5.74) is 6.81. The molecule has 0 spiro atoms. The predicted molar refractivity (Wildman–Crippen MR) is 147 cm³/mol. The van der Waals surface area contributed by atoms with Crippen LogP contribution in [0, 0.1) is 0 Å². The quantitative estimate of drug-likeness (QED) is 0.247. The Bertz CT molecular complexity index is 1570. The van der Waals surface area contributed by atoms with E-state index in [0.717, 1.165) is 60.2 Å². The predicted octanol–water partition coefficient (Wildman–Crippen LogP) is 6.13. The van der Waals surface area contributed by atoms with Crippen molar-refractivity contribution in [3.63, 3.8) is 0 Å². The van der Waals surface area contributed by atoms with Gasteiger partial charge in [-0.15, -0.1) is 5.10 Å². The maximum absolute atomic E-state index is 11.4. The molecule has 3 aliphatic rings. The van der Waals surface area contributed by atoms with Gasteiger partial charge in [-0.05, 0) is 71.4 Å². The smallest absolute Gasteiger partial charge is 0.449 e. The van der Waals surface area contributed by atoms with Crippen LogP contribution in [0.3, 0.4) is 0 Å². The van der Waals surface area contributed by atoms with Crippen molar-refractivity contribution in [2.24, 2.45) is 0 Å². The first-order valence-corrected chi connectivity index (χ1v) is 13.9. The van der Waals surface area contributed by atoms with Crippen LogP contribution in [-0.4, -0.2) is 48.7 Å². The molecule has 4 aromatic rings. The molecule has 4 heterocycles. The summed E-state index contributed by atoms with van der Waals surface area (Å²) in [6.07, 6.45) is 9.09. The van der Waals surface area contributed by atoms with Crippen LogP contribution in [0.25, 0.3) is 33.8 Å². The summed E-state index contributed by atoms with van der Waals surface area (Å²) in [5.74, 6) is 1.49. The number of ether oxygens (including phenoxy) is 2. The first kappa shape index (κ1) is 24.1. The third-order valence-electron chi connectivity index (χ3n) is 8.39. The van der Waals surface area contributed by atoms with Crippen LogP contribution in [0.15, 0.2) is 42.5 Å². The standard InChI is InChI=1S/C30H31N5O4/c36-30(37)39-22-12-13-25-26(16-22)34-17-21(29-31-32-33-35(29)18-23-10-6-14-38-23)15-20-9-4-5-11-24(20)28(34)27(25)19-7-2-1-3-8-19/h4-5,9,11-13,15-16,19,23H,1-3,6-8,10,14,17-18H2,(H,36,37). The maximum Gasteiger partial charge on any atom is 0.511 e. The highest BCUT2D eigenvalue weighted by molar-refractivity contribution is 5.98. The van der Waals surface area contributed by atoms with E-state index in [-0.39, 0.29) is 6.10 Å². The molecule has 1 saturated heterocycles. The van der Waals surface area contributed by atoms with E-state index in [1.807, 2.05) is 16.8 Å². The Morgan fingerprint density at radius 1 is 1.08 bits per heavy atom. The molecule has 39 heavy (non-hydrogen) atoms. The fourth-order valence-corrected chi connectivity index (χ4v) is 6.70. The van der Waals surface area contributed by atoms with Crippen LogP contribution in [0.4, 0.5) is 4.79 Å². The van der Waals surface area contributed by atoms with Gasteiger partial charge < -0.3 is 19.1 Å². The average Bonchev–Trinajstić information content (AvgIpc) is 3.67. The van der Waals surface area contributed by atoms with Crippen molar-refractivity contribution >= 4 is 28.7 Å². The monoisotopic (exact) mass is 525 g/mol. The molecular weight excluding hydrogens is 494 g/mol. The molecule has 1 N–H and O–H groups in total. The molecule has 0 radical (unpaired) electrons. The normalized spacial score (nSPS) is 19.4. The lowest BCUT2D eigenvalue weighted by atomic mass is 9.81. The number of carbonyl (C=O) groups is 1. The van der Waals surface area contributed by atoms with Crippen molar-refractivity contribution in [3.8, 4) is 17.0 Å². The number of rotatable bonds is 5. The number of hydrogen-bond donors (Lipinski definition) is 1. The zero-order valence-corrected chi connectivity index (χ0v) is 21.8. The van der Waals surface area contributed by atoms with Crippen molar-refractivity contribution in [1.82, 2.24) is 24.8 Å². The minimum absolute atomic E-state index is 0.113. The SMILES string of the molecule is O=C(O)Oc1ccc2c(C3CCCCC3)c3n(c2c1)CC(c1nnnn1CC1CCCO1)=Cc1ccccc1-3. The molecule has 2 aromatic heterocycles. The molecular formula is C30H31N5O4. The fourth-order valence-electron chi connectivity index (χ4n) is 6.70. The zero-order chi connectivity index (χ0) is 26.3. The second kappa shape index (κ2) is 9.96. The molecule has 1 atom stereocenters. The second-order valence-electron chi connectivity index (χ2n) is 10.8. The zero-order valence-electron chi connectivity index (χ0n) is 21.8. The van der Waals surface area contributed by atoms with Gasteiger partial charge >= 0.3 is 6.16 Å². The first-order valence-electron chi connectivity index (χ1n) is 13.9. The fraction of sp³-hybridized carbons (Fsp3) is 0.400. The van der Waals surface area contributed by atoms with E-state index in [2.05, 4.69) is 50.4 Å². The molecule has 2 fully saturated rings. The number of fused-ring (bicyclic) bond motifs is 5. The minimum Gasteiger partial charge on any atom is -0.449 e. The first-order chi connectivity index (χ1) is 19.2. The third kappa shape index (κ3) is 4.40. The van der Waals surface area contributed by atoms with Gasteiger partial charge in [0.05, 0.1) is 30.4 Å². The Balaban J connectivity index is 1.42. The lowest BCUT2D eigenvalue weighted by Crippen LogP contribution is -2.18. The van der Waals surface area contributed by atoms with Crippen LogP contribution in [0.1, 0.15) is 67.8 Å². The van der Waals surface area contributed by atoms with E-state index < -0.39 is 6.16 Å². The Labute approximate surface area is 226 Å². The number of tetrazole rings is 1. The third-order valence-corrected chi connectivity index (χ3v) is 8.39. The van der Waals surface area contributed by atoms with Crippen molar-refractivity contribution in [2.75, 3.05) is 6.61 Å². The number of hydrogen-bond acceptors (Lipinski definition) is 6. The number of benzene rings is 2. The molecule has 7 rings (SSSR count). The molecule has 0 bridgehead atoms. The number of aromatic nitrogens is 5. The second-order valence-corrected chi connectivity index (χ2v) is 10.8. The molecule has 2 aromatic carbocycles. The van der Waals surface area contributed by atoms with Crippen LogP contribution in [0.5, 0.6) is 5.75 Å². The Kier molecular flexibility index (Phi) is 6.15. The van der Waals surface area contributed by atoms with Crippen molar-refractivity contribution in [3.05, 3.63) is 59.4 Å². The summed E-state index contributed by atoms with van der Waals surface area (Å²) in [6.45, 7) is 1.95. The van der Waals surface area contributed by atoms with Gasteiger partial charge in [0.25, 0.3) is 0 Å². The van der Waals surface area contributed by atoms with Crippen LogP contribution in [0.2, 0.25) is 0 Å². The molecule has 200 valence electrons. The average molecular weight is 526 g/mol.